The van der Waals surface area contributed by atoms with Crippen LogP contribution in [0.4, 0.5) is 17.1 Å². The van der Waals surface area contributed by atoms with E-state index in [0.717, 1.165) is 5.56 Å². The van der Waals surface area contributed by atoms with Crippen LogP contribution >= 0.6 is 0 Å². The van der Waals surface area contributed by atoms with Crippen LogP contribution in [-0.4, -0.2) is 42.4 Å². The minimum atomic E-state index is -0.537. The summed E-state index contributed by atoms with van der Waals surface area (Å²) in [7, 11) is 0. The Hall–Kier alpha value is -3.75. The Balaban J connectivity index is 2.00. The SMILES string of the molecule is CCOC(=O)CN1C(=O)CCN(C(=O)c2ccc([N+](=O)[O-])cc2)c2cc(C)ccc21. The lowest BCUT2D eigenvalue weighted by atomic mass is 10.1. The van der Waals surface area contributed by atoms with E-state index in [2.05, 4.69) is 0 Å². The largest absolute Gasteiger partial charge is 0.465 e. The van der Waals surface area contributed by atoms with Crippen LogP contribution in [-0.2, 0) is 14.3 Å². The number of benzene rings is 2. The van der Waals surface area contributed by atoms with E-state index in [0.29, 0.717) is 11.4 Å². The summed E-state index contributed by atoms with van der Waals surface area (Å²) in [6.07, 6.45) is 0.0197. The van der Waals surface area contributed by atoms with Crippen molar-refractivity contribution in [2.45, 2.75) is 20.3 Å². The van der Waals surface area contributed by atoms with Gasteiger partial charge in [-0.3, -0.25) is 29.4 Å². The summed E-state index contributed by atoms with van der Waals surface area (Å²) in [5.41, 5.74) is 1.95. The number of carbonyl (C=O) groups excluding carboxylic acids is 3. The van der Waals surface area contributed by atoms with Crippen LogP contribution in [0.15, 0.2) is 42.5 Å². The third-order valence-corrected chi connectivity index (χ3v) is 4.73. The fraction of sp³-hybridized carbons (Fsp3) is 0.286. The van der Waals surface area contributed by atoms with Crippen molar-refractivity contribution >= 4 is 34.8 Å². The standard InChI is InChI=1S/C21H21N3O6/c1-3-30-20(26)13-23-17-9-4-14(2)12-18(17)22(11-10-19(23)25)21(27)15-5-7-16(8-6-15)24(28)29/h4-9,12H,3,10-11,13H2,1-2H3. The second-order valence-electron chi connectivity index (χ2n) is 6.79. The summed E-state index contributed by atoms with van der Waals surface area (Å²) >= 11 is 0. The normalized spacial score (nSPS) is 13.5. The minimum absolute atomic E-state index is 0.0197. The number of rotatable bonds is 5. The molecule has 1 aliphatic heterocycles. The Morgan fingerprint density at radius 2 is 1.83 bits per heavy atom. The van der Waals surface area contributed by atoms with Crippen molar-refractivity contribution in [3.8, 4) is 0 Å². The number of esters is 1. The predicted octanol–water partition coefficient (Wildman–Crippen LogP) is 2.85. The molecule has 2 aromatic rings. The molecule has 1 aliphatic rings. The number of amides is 2. The molecule has 0 radical (unpaired) electrons. The summed E-state index contributed by atoms with van der Waals surface area (Å²) in [4.78, 5) is 51.1. The number of hydrogen-bond donors (Lipinski definition) is 0. The molecule has 9 nitrogen and oxygen atoms in total. The topological polar surface area (TPSA) is 110 Å². The highest BCUT2D eigenvalue weighted by atomic mass is 16.6. The molecule has 0 spiro atoms. The second kappa shape index (κ2) is 8.73. The molecule has 2 aromatic carbocycles. The molecule has 2 amide bonds. The zero-order chi connectivity index (χ0) is 21.8. The van der Waals surface area contributed by atoms with Gasteiger partial charge in [-0.05, 0) is 43.7 Å². The number of nitro groups is 1. The number of carbonyl (C=O) groups is 3. The Kier molecular flexibility index (Phi) is 6.10. The lowest BCUT2D eigenvalue weighted by Crippen LogP contribution is -2.36. The van der Waals surface area contributed by atoms with Gasteiger partial charge in [0.25, 0.3) is 11.6 Å². The number of aryl methyl sites for hydroxylation is 1. The van der Waals surface area contributed by atoms with Gasteiger partial charge < -0.3 is 9.64 Å². The molecule has 9 heteroatoms. The van der Waals surface area contributed by atoms with Gasteiger partial charge in [0.2, 0.25) is 5.91 Å². The number of non-ortho nitro benzene ring substituents is 1. The van der Waals surface area contributed by atoms with E-state index < -0.39 is 10.9 Å². The fourth-order valence-corrected chi connectivity index (χ4v) is 3.28. The van der Waals surface area contributed by atoms with Crippen LogP contribution in [0.2, 0.25) is 0 Å². The van der Waals surface area contributed by atoms with Crippen LogP contribution < -0.4 is 9.80 Å². The van der Waals surface area contributed by atoms with Gasteiger partial charge >= 0.3 is 5.97 Å². The first-order chi connectivity index (χ1) is 14.3. The first kappa shape index (κ1) is 21.0. The van der Waals surface area contributed by atoms with Gasteiger partial charge in [-0.15, -0.1) is 0 Å². The van der Waals surface area contributed by atoms with Crippen molar-refractivity contribution in [2.24, 2.45) is 0 Å². The van der Waals surface area contributed by atoms with Gasteiger partial charge in [-0.25, -0.2) is 0 Å². The average molecular weight is 411 g/mol. The molecule has 0 aliphatic carbocycles. The molecule has 3 rings (SSSR count). The van der Waals surface area contributed by atoms with Crippen LogP contribution in [0.25, 0.3) is 0 Å². The fourth-order valence-electron chi connectivity index (χ4n) is 3.28. The van der Waals surface area contributed by atoms with E-state index in [1.54, 1.807) is 25.1 Å². The van der Waals surface area contributed by atoms with E-state index in [9.17, 15) is 24.5 Å². The third-order valence-electron chi connectivity index (χ3n) is 4.73. The van der Waals surface area contributed by atoms with Crippen LogP contribution in [0.5, 0.6) is 0 Å². The molecule has 0 fully saturated rings. The molecule has 0 atom stereocenters. The second-order valence-corrected chi connectivity index (χ2v) is 6.79. The highest BCUT2D eigenvalue weighted by Crippen LogP contribution is 2.35. The maximum atomic E-state index is 13.2. The van der Waals surface area contributed by atoms with Gasteiger partial charge in [0.05, 0.1) is 22.9 Å². The maximum absolute atomic E-state index is 13.2. The smallest absolute Gasteiger partial charge is 0.326 e. The number of ether oxygens (including phenoxy) is 1. The summed E-state index contributed by atoms with van der Waals surface area (Å²) in [5.74, 6) is -1.22. The van der Waals surface area contributed by atoms with Gasteiger partial charge in [0.15, 0.2) is 0 Å². The van der Waals surface area contributed by atoms with Crippen molar-refractivity contribution in [3.63, 3.8) is 0 Å². The zero-order valence-corrected chi connectivity index (χ0v) is 16.7. The zero-order valence-electron chi connectivity index (χ0n) is 16.7. The molecule has 0 bridgehead atoms. The summed E-state index contributed by atoms with van der Waals surface area (Å²) in [6.45, 7) is 3.61. The lowest BCUT2D eigenvalue weighted by molar-refractivity contribution is -0.384. The average Bonchev–Trinajstić information content (AvgIpc) is 2.84. The van der Waals surface area contributed by atoms with E-state index in [-0.39, 0.29) is 49.2 Å². The molecule has 0 N–H and O–H groups in total. The summed E-state index contributed by atoms with van der Waals surface area (Å²) in [5, 5.41) is 10.9. The highest BCUT2D eigenvalue weighted by Gasteiger charge is 2.31. The van der Waals surface area contributed by atoms with E-state index >= 15 is 0 Å². The molecule has 156 valence electrons. The number of hydrogen-bond acceptors (Lipinski definition) is 6. The third kappa shape index (κ3) is 4.29. The highest BCUT2D eigenvalue weighted by molar-refractivity contribution is 6.12. The molecule has 1 heterocycles. The monoisotopic (exact) mass is 411 g/mol. The summed E-state index contributed by atoms with van der Waals surface area (Å²) in [6, 6.07) is 10.6. The minimum Gasteiger partial charge on any atom is -0.465 e. The number of nitro benzene ring substituents is 1. The lowest BCUT2D eigenvalue weighted by Gasteiger charge is -2.25. The Morgan fingerprint density at radius 3 is 2.47 bits per heavy atom. The van der Waals surface area contributed by atoms with Crippen molar-refractivity contribution in [1.29, 1.82) is 0 Å². The van der Waals surface area contributed by atoms with Gasteiger partial charge in [0.1, 0.15) is 6.54 Å². The molecular formula is C21H21N3O6. The van der Waals surface area contributed by atoms with Crippen molar-refractivity contribution in [2.75, 3.05) is 29.5 Å². The van der Waals surface area contributed by atoms with Crippen molar-refractivity contribution < 1.29 is 24.0 Å². The molecule has 0 unspecified atom stereocenters. The van der Waals surface area contributed by atoms with Gasteiger partial charge in [-0.1, -0.05) is 6.07 Å². The van der Waals surface area contributed by atoms with Crippen LogP contribution in [0, 0.1) is 17.0 Å². The molecule has 30 heavy (non-hydrogen) atoms. The van der Waals surface area contributed by atoms with Gasteiger partial charge in [0, 0.05) is 30.7 Å². The van der Waals surface area contributed by atoms with Crippen molar-refractivity contribution in [1.82, 2.24) is 0 Å². The maximum Gasteiger partial charge on any atom is 0.326 e. The van der Waals surface area contributed by atoms with E-state index in [1.807, 2.05) is 6.92 Å². The van der Waals surface area contributed by atoms with Crippen LogP contribution in [0.3, 0.4) is 0 Å². The Morgan fingerprint density at radius 1 is 1.13 bits per heavy atom. The molecule has 0 aromatic heterocycles. The Bertz CT molecular complexity index is 1000. The predicted molar refractivity (Wildman–Crippen MR) is 110 cm³/mol. The number of nitrogens with zero attached hydrogens (tertiary/aromatic N) is 3. The van der Waals surface area contributed by atoms with Crippen LogP contribution in [0.1, 0.15) is 29.3 Å². The van der Waals surface area contributed by atoms with Crippen molar-refractivity contribution in [3.05, 3.63) is 63.7 Å². The summed E-state index contributed by atoms with van der Waals surface area (Å²) < 4.78 is 4.98. The first-order valence-electron chi connectivity index (χ1n) is 9.44. The molecule has 0 saturated heterocycles. The quantitative estimate of drug-likeness (QED) is 0.425. The van der Waals surface area contributed by atoms with Gasteiger partial charge in [-0.2, -0.15) is 0 Å². The molecule has 0 saturated carbocycles. The van der Waals surface area contributed by atoms with E-state index in [1.165, 1.54) is 34.1 Å². The Labute approximate surface area is 173 Å². The van der Waals surface area contributed by atoms with E-state index in [4.69, 9.17) is 4.74 Å². The molecular weight excluding hydrogens is 390 g/mol. The first-order valence-corrected chi connectivity index (χ1v) is 9.44. The number of anilines is 2. The number of fused-ring (bicyclic) bond motifs is 1.